The fourth-order valence-electron chi connectivity index (χ4n) is 2.24. The zero-order chi connectivity index (χ0) is 13.9. The van der Waals surface area contributed by atoms with E-state index in [0.29, 0.717) is 5.69 Å². The van der Waals surface area contributed by atoms with Gasteiger partial charge >= 0.3 is 0 Å². The molecule has 20 heavy (non-hydrogen) atoms. The Bertz CT molecular complexity index is 766. The van der Waals surface area contributed by atoms with Crippen molar-refractivity contribution in [3.05, 3.63) is 71.7 Å². The Hall–Kier alpha value is -2.55. The lowest BCUT2D eigenvalue weighted by molar-refractivity contribution is 0.101. The van der Waals surface area contributed by atoms with Crippen molar-refractivity contribution in [2.75, 3.05) is 0 Å². The van der Waals surface area contributed by atoms with Crippen LogP contribution in [0.25, 0.3) is 10.9 Å². The number of benzene rings is 1. The number of carbonyl (C=O) groups is 1. The van der Waals surface area contributed by atoms with Gasteiger partial charge in [0.2, 0.25) is 0 Å². The molecule has 0 unspecified atom stereocenters. The van der Waals surface area contributed by atoms with Gasteiger partial charge in [-0.1, -0.05) is 30.3 Å². The van der Waals surface area contributed by atoms with Crippen LogP contribution in [0.5, 0.6) is 0 Å². The summed E-state index contributed by atoms with van der Waals surface area (Å²) in [4.78, 5) is 20.2. The van der Waals surface area contributed by atoms with E-state index in [1.54, 1.807) is 12.3 Å². The molecule has 3 nitrogen and oxygen atoms in total. The molecule has 0 N–H and O–H groups in total. The third-order valence-electron chi connectivity index (χ3n) is 3.27. The lowest BCUT2D eigenvalue weighted by atomic mass is 10.0. The lowest BCUT2D eigenvalue weighted by Crippen LogP contribution is -1.99. The van der Waals surface area contributed by atoms with Crippen LogP contribution in [-0.4, -0.2) is 15.8 Å². The second-order valence-electron chi connectivity index (χ2n) is 4.79. The zero-order valence-corrected chi connectivity index (χ0v) is 11.2. The molecule has 0 bridgehead atoms. The number of hydrogen-bond donors (Lipinski definition) is 0. The topological polar surface area (TPSA) is 42.9 Å². The van der Waals surface area contributed by atoms with E-state index in [0.717, 1.165) is 22.9 Å². The van der Waals surface area contributed by atoms with E-state index < -0.39 is 0 Å². The van der Waals surface area contributed by atoms with Crippen LogP contribution in [0.1, 0.15) is 28.5 Å². The average Bonchev–Trinajstić information content (AvgIpc) is 2.48. The van der Waals surface area contributed by atoms with E-state index in [9.17, 15) is 4.79 Å². The monoisotopic (exact) mass is 262 g/mol. The smallest absolute Gasteiger partial charge is 0.178 e. The highest BCUT2D eigenvalue weighted by Gasteiger charge is 2.07. The van der Waals surface area contributed by atoms with Crippen molar-refractivity contribution in [1.29, 1.82) is 0 Å². The van der Waals surface area contributed by atoms with Crippen LogP contribution in [-0.2, 0) is 6.42 Å². The van der Waals surface area contributed by atoms with Gasteiger partial charge in [0.1, 0.15) is 5.69 Å². The van der Waals surface area contributed by atoms with E-state index in [2.05, 4.69) is 22.1 Å². The van der Waals surface area contributed by atoms with Crippen molar-refractivity contribution in [3.63, 3.8) is 0 Å². The molecule has 0 saturated carbocycles. The van der Waals surface area contributed by atoms with Crippen molar-refractivity contribution < 1.29 is 4.79 Å². The summed E-state index contributed by atoms with van der Waals surface area (Å²) in [7, 11) is 0. The van der Waals surface area contributed by atoms with Crippen LogP contribution in [0.15, 0.2) is 54.9 Å². The first-order valence-electron chi connectivity index (χ1n) is 6.52. The molecule has 2 aromatic heterocycles. The van der Waals surface area contributed by atoms with Crippen LogP contribution < -0.4 is 0 Å². The van der Waals surface area contributed by atoms with Gasteiger partial charge in [-0.25, -0.2) is 4.98 Å². The van der Waals surface area contributed by atoms with Gasteiger partial charge < -0.3 is 0 Å². The first-order valence-corrected chi connectivity index (χ1v) is 6.52. The lowest BCUT2D eigenvalue weighted by Gasteiger charge is -2.06. The minimum absolute atomic E-state index is 0.0191. The van der Waals surface area contributed by atoms with Gasteiger partial charge in [0.15, 0.2) is 5.78 Å². The minimum Gasteiger partial charge on any atom is -0.293 e. The molecule has 0 atom stereocenters. The molecule has 0 aliphatic carbocycles. The quantitative estimate of drug-likeness (QED) is 0.679. The molecular formula is C17H14N2O. The van der Waals surface area contributed by atoms with Crippen molar-refractivity contribution in [1.82, 2.24) is 9.97 Å². The number of nitrogens with zero attached hydrogens (tertiary/aromatic N) is 2. The first kappa shape index (κ1) is 12.5. The highest BCUT2D eigenvalue weighted by Crippen LogP contribution is 2.19. The number of fused-ring (bicyclic) bond motifs is 1. The van der Waals surface area contributed by atoms with Gasteiger partial charge in [0.05, 0.1) is 5.52 Å². The summed E-state index contributed by atoms with van der Waals surface area (Å²) in [6.45, 7) is 1.53. The SMILES string of the molecule is CC(=O)c1ccc2cncc(Cc3ccccc3)c2n1. The van der Waals surface area contributed by atoms with Gasteiger partial charge in [-0.05, 0) is 17.7 Å². The molecule has 2 heterocycles. The summed E-state index contributed by atoms with van der Waals surface area (Å²) in [5, 5.41) is 0.962. The predicted octanol–water partition coefficient (Wildman–Crippen LogP) is 3.42. The van der Waals surface area contributed by atoms with Crippen LogP contribution in [0.4, 0.5) is 0 Å². The first-order chi connectivity index (χ1) is 9.74. The summed E-state index contributed by atoms with van der Waals surface area (Å²) >= 11 is 0. The van der Waals surface area contributed by atoms with Crippen LogP contribution in [0, 0.1) is 0 Å². The number of aromatic nitrogens is 2. The number of rotatable bonds is 3. The highest BCUT2D eigenvalue weighted by molar-refractivity contribution is 5.95. The second kappa shape index (κ2) is 5.21. The average molecular weight is 262 g/mol. The van der Waals surface area contributed by atoms with Gasteiger partial charge in [-0.15, -0.1) is 0 Å². The summed E-state index contributed by atoms with van der Waals surface area (Å²) in [5.74, 6) is -0.0191. The zero-order valence-electron chi connectivity index (χ0n) is 11.2. The van der Waals surface area contributed by atoms with Gasteiger partial charge in [-0.3, -0.25) is 9.78 Å². The van der Waals surface area contributed by atoms with Crippen molar-refractivity contribution in [3.8, 4) is 0 Å². The van der Waals surface area contributed by atoms with Crippen molar-refractivity contribution in [2.24, 2.45) is 0 Å². The second-order valence-corrected chi connectivity index (χ2v) is 4.79. The number of ketones is 1. The number of hydrogen-bond acceptors (Lipinski definition) is 3. The van der Waals surface area contributed by atoms with Crippen molar-refractivity contribution >= 4 is 16.7 Å². The Morgan fingerprint density at radius 2 is 1.85 bits per heavy atom. The highest BCUT2D eigenvalue weighted by atomic mass is 16.1. The summed E-state index contributed by atoms with van der Waals surface area (Å²) < 4.78 is 0. The molecule has 0 spiro atoms. The minimum atomic E-state index is -0.0191. The molecule has 0 saturated heterocycles. The summed E-state index contributed by atoms with van der Waals surface area (Å²) in [6, 6.07) is 13.8. The van der Waals surface area contributed by atoms with Crippen LogP contribution >= 0.6 is 0 Å². The fraction of sp³-hybridized carbons (Fsp3) is 0.118. The maximum absolute atomic E-state index is 11.5. The maximum Gasteiger partial charge on any atom is 0.178 e. The molecule has 3 aromatic rings. The van der Waals surface area contributed by atoms with E-state index in [1.807, 2.05) is 30.5 Å². The van der Waals surface area contributed by atoms with E-state index >= 15 is 0 Å². The van der Waals surface area contributed by atoms with Crippen LogP contribution in [0.2, 0.25) is 0 Å². The Morgan fingerprint density at radius 1 is 1.05 bits per heavy atom. The Morgan fingerprint density at radius 3 is 2.60 bits per heavy atom. The third kappa shape index (κ3) is 2.43. The molecule has 0 aliphatic heterocycles. The fourth-order valence-corrected chi connectivity index (χ4v) is 2.24. The predicted molar refractivity (Wildman–Crippen MR) is 78.8 cm³/mol. The van der Waals surface area contributed by atoms with E-state index in [-0.39, 0.29) is 5.78 Å². The molecule has 3 rings (SSSR count). The van der Waals surface area contributed by atoms with E-state index in [4.69, 9.17) is 0 Å². The Balaban J connectivity index is 2.10. The number of pyridine rings is 2. The third-order valence-corrected chi connectivity index (χ3v) is 3.27. The molecular weight excluding hydrogens is 248 g/mol. The van der Waals surface area contributed by atoms with E-state index in [1.165, 1.54) is 12.5 Å². The molecule has 0 aliphatic rings. The molecule has 0 amide bonds. The largest absolute Gasteiger partial charge is 0.293 e. The molecule has 1 aromatic carbocycles. The van der Waals surface area contributed by atoms with Gasteiger partial charge in [0, 0.05) is 36.7 Å². The molecule has 3 heteroatoms. The van der Waals surface area contributed by atoms with Gasteiger partial charge in [0.25, 0.3) is 0 Å². The molecule has 98 valence electrons. The standard InChI is InChI=1S/C17H14N2O/c1-12(20)16-8-7-14-10-18-11-15(17(14)19-16)9-13-5-3-2-4-6-13/h2-8,10-11H,9H2,1H3. The van der Waals surface area contributed by atoms with Crippen molar-refractivity contribution in [2.45, 2.75) is 13.3 Å². The van der Waals surface area contributed by atoms with Crippen LogP contribution in [0.3, 0.4) is 0 Å². The molecule has 0 fully saturated rings. The normalized spacial score (nSPS) is 10.7. The summed E-state index contributed by atoms with van der Waals surface area (Å²) in [5.41, 5.74) is 3.60. The number of Topliss-reactive ketones (excluding diaryl/α,β-unsaturated/α-hetero) is 1. The molecule has 0 radical (unpaired) electrons. The number of carbonyl (C=O) groups excluding carboxylic acids is 1. The van der Waals surface area contributed by atoms with Gasteiger partial charge in [-0.2, -0.15) is 0 Å². The maximum atomic E-state index is 11.5. The Labute approximate surface area is 117 Å². The Kier molecular flexibility index (Phi) is 3.25. The summed E-state index contributed by atoms with van der Waals surface area (Å²) in [6.07, 6.45) is 4.37.